The van der Waals surface area contributed by atoms with E-state index >= 15 is 0 Å². The molecule has 0 atom stereocenters. The summed E-state index contributed by atoms with van der Waals surface area (Å²) in [6.07, 6.45) is -1.05. The summed E-state index contributed by atoms with van der Waals surface area (Å²) in [5.41, 5.74) is 0. The zero-order valence-corrected chi connectivity index (χ0v) is 14.3. The number of rotatable bonds is 6. The summed E-state index contributed by atoms with van der Waals surface area (Å²) < 4.78 is 69.0. The number of amides is 1. The van der Waals surface area contributed by atoms with Crippen molar-refractivity contribution < 1.29 is 30.8 Å². The van der Waals surface area contributed by atoms with E-state index in [9.17, 15) is 26.4 Å². The first-order valence-corrected chi connectivity index (χ1v) is 9.16. The van der Waals surface area contributed by atoms with E-state index in [1.165, 1.54) is 4.31 Å². The molecule has 1 aliphatic rings. The van der Waals surface area contributed by atoms with Crippen molar-refractivity contribution in [3.05, 3.63) is 30.5 Å². The quantitative estimate of drug-likeness (QED) is 0.712. The molecule has 140 valence electrons. The molecule has 2 heterocycles. The number of hydrogen-bond acceptors (Lipinski definition) is 4. The van der Waals surface area contributed by atoms with Crippen LogP contribution in [0.5, 0.6) is 0 Å². The number of carbonyl (C=O) groups excluding carboxylic acids is 1. The maximum atomic E-state index is 12.6. The fourth-order valence-corrected chi connectivity index (χ4v) is 3.98. The molecular weight excluding hydrogens is 361 g/mol. The highest BCUT2D eigenvalue weighted by Gasteiger charge is 2.35. The number of sulfonamides is 1. The van der Waals surface area contributed by atoms with E-state index in [1.54, 1.807) is 0 Å². The second kappa shape index (κ2) is 7.61. The summed E-state index contributed by atoms with van der Waals surface area (Å²) >= 11 is 0. The molecule has 1 amide bonds. The first-order chi connectivity index (χ1) is 11.6. The predicted molar refractivity (Wildman–Crippen MR) is 83.5 cm³/mol. The van der Waals surface area contributed by atoms with Crippen LogP contribution in [0.3, 0.4) is 0 Å². The van der Waals surface area contributed by atoms with Gasteiger partial charge in [0.1, 0.15) is 6.54 Å². The monoisotopic (exact) mass is 380 g/mol. The van der Waals surface area contributed by atoms with Crippen LogP contribution in [-0.4, -0.2) is 55.9 Å². The largest absolute Gasteiger partial charge is 0.438 e. The van der Waals surface area contributed by atoms with Crippen molar-refractivity contribution in [3.63, 3.8) is 0 Å². The second-order valence-electron chi connectivity index (χ2n) is 5.67. The summed E-state index contributed by atoms with van der Waals surface area (Å²) in [5.74, 6) is -1.50. The van der Waals surface area contributed by atoms with Crippen LogP contribution in [0, 0.1) is 0 Å². The highest BCUT2D eigenvalue weighted by molar-refractivity contribution is 7.89. The van der Waals surface area contributed by atoms with Crippen molar-refractivity contribution in [2.45, 2.75) is 30.5 Å². The molecule has 1 saturated heterocycles. The van der Waals surface area contributed by atoms with Crippen LogP contribution in [-0.2, 0) is 10.0 Å². The number of halogens is 3. The molecule has 0 aromatic carbocycles. The normalized spacial score (nSPS) is 16.6. The Bertz CT molecular complexity index is 721. The van der Waals surface area contributed by atoms with Gasteiger partial charge in [0.25, 0.3) is 15.9 Å². The van der Waals surface area contributed by atoms with Crippen LogP contribution in [0.4, 0.5) is 13.2 Å². The number of carbonyl (C=O) groups is 1. The molecule has 10 heteroatoms. The Morgan fingerprint density at radius 3 is 2.48 bits per heavy atom. The van der Waals surface area contributed by atoms with Gasteiger partial charge in [0.2, 0.25) is 5.09 Å². The average Bonchev–Trinajstić information content (AvgIpc) is 3.04. The minimum atomic E-state index is -4.59. The van der Waals surface area contributed by atoms with Gasteiger partial charge in [-0.2, -0.15) is 17.5 Å². The Kier molecular flexibility index (Phi) is 5.94. The summed E-state index contributed by atoms with van der Waals surface area (Å²) in [5, 5.41) is -0.441. The highest BCUT2D eigenvalue weighted by Crippen LogP contribution is 2.24. The molecule has 25 heavy (non-hydrogen) atoms. The summed E-state index contributed by atoms with van der Waals surface area (Å²) in [4.78, 5) is 12.7. The lowest BCUT2D eigenvalue weighted by molar-refractivity contribution is -0.139. The topological polar surface area (TPSA) is 70.8 Å². The lowest BCUT2D eigenvalue weighted by atomic mass is 10.2. The Labute approximate surface area is 143 Å². The first-order valence-electron chi connectivity index (χ1n) is 7.72. The number of alkyl halides is 3. The van der Waals surface area contributed by atoms with E-state index in [1.807, 2.05) is 0 Å². The average molecular weight is 380 g/mol. The van der Waals surface area contributed by atoms with Gasteiger partial charge in [0.05, 0.1) is 0 Å². The molecule has 0 saturated carbocycles. The third kappa shape index (κ3) is 4.85. The Morgan fingerprint density at radius 2 is 1.92 bits per heavy atom. The molecule has 0 radical (unpaired) electrons. The second-order valence-corrected chi connectivity index (χ2v) is 7.54. The lowest BCUT2D eigenvalue weighted by Gasteiger charge is -2.24. The lowest BCUT2D eigenvalue weighted by Crippen LogP contribution is -2.39. The van der Waals surface area contributed by atoms with Crippen LogP contribution in [0.25, 0.3) is 0 Å². The van der Waals surface area contributed by atoms with E-state index in [-0.39, 0.29) is 6.54 Å². The SMILES string of the molecule is C=CCN(CC(F)(F)F)C(=O)c1ccc(S(=O)(=O)N2CCCCC2)o1. The molecule has 2 rings (SSSR count). The minimum absolute atomic E-state index is 0.340. The van der Waals surface area contributed by atoms with Crippen LogP contribution in [0.15, 0.2) is 34.3 Å². The van der Waals surface area contributed by atoms with Gasteiger partial charge in [0, 0.05) is 19.6 Å². The maximum Gasteiger partial charge on any atom is 0.406 e. The standard InChI is InChI=1S/C15H19F3N2O4S/c1-2-8-19(11-15(16,17)18)14(21)12-6-7-13(24-12)25(22,23)20-9-4-3-5-10-20/h2,6-7H,1,3-5,8-11H2. The van der Waals surface area contributed by atoms with Crippen molar-refractivity contribution >= 4 is 15.9 Å². The van der Waals surface area contributed by atoms with Crippen molar-refractivity contribution in [2.24, 2.45) is 0 Å². The van der Waals surface area contributed by atoms with Gasteiger partial charge in [-0.25, -0.2) is 8.42 Å². The highest BCUT2D eigenvalue weighted by atomic mass is 32.2. The zero-order valence-electron chi connectivity index (χ0n) is 13.5. The van der Waals surface area contributed by atoms with Crippen molar-refractivity contribution in [1.29, 1.82) is 0 Å². The van der Waals surface area contributed by atoms with Gasteiger partial charge < -0.3 is 9.32 Å². The van der Waals surface area contributed by atoms with E-state index in [0.717, 1.165) is 37.5 Å². The number of nitrogens with zero attached hydrogens (tertiary/aromatic N) is 2. The summed E-state index contributed by atoms with van der Waals surface area (Å²) in [6, 6.07) is 2.17. The predicted octanol–water partition coefficient (Wildman–Crippen LogP) is 2.64. The van der Waals surface area contributed by atoms with Gasteiger partial charge >= 0.3 is 6.18 Å². The number of piperidine rings is 1. The third-order valence-corrected chi connectivity index (χ3v) is 5.48. The minimum Gasteiger partial charge on any atom is -0.438 e. The molecule has 1 aromatic heterocycles. The van der Waals surface area contributed by atoms with Crippen molar-refractivity contribution in [3.8, 4) is 0 Å². The molecule has 0 N–H and O–H groups in total. The van der Waals surface area contributed by atoms with Gasteiger partial charge in [-0.05, 0) is 25.0 Å². The molecule has 1 aliphatic heterocycles. The fraction of sp³-hybridized carbons (Fsp3) is 0.533. The van der Waals surface area contributed by atoms with Crippen LogP contribution in [0.2, 0.25) is 0 Å². The molecule has 0 aliphatic carbocycles. The number of hydrogen-bond donors (Lipinski definition) is 0. The molecule has 0 spiro atoms. The maximum absolute atomic E-state index is 12.6. The van der Waals surface area contributed by atoms with E-state index < -0.39 is 39.5 Å². The fourth-order valence-electron chi connectivity index (χ4n) is 2.55. The summed E-state index contributed by atoms with van der Waals surface area (Å²) in [6.45, 7) is 2.20. The Hall–Kier alpha value is -1.81. The van der Waals surface area contributed by atoms with Gasteiger partial charge in [-0.3, -0.25) is 4.79 Å². The van der Waals surface area contributed by atoms with E-state index in [2.05, 4.69) is 6.58 Å². The smallest absolute Gasteiger partial charge is 0.406 e. The van der Waals surface area contributed by atoms with Gasteiger partial charge in [0.15, 0.2) is 5.76 Å². The number of furan rings is 1. The molecule has 0 bridgehead atoms. The van der Waals surface area contributed by atoms with Crippen molar-refractivity contribution in [1.82, 2.24) is 9.21 Å². The first kappa shape index (κ1) is 19.5. The van der Waals surface area contributed by atoms with Crippen molar-refractivity contribution in [2.75, 3.05) is 26.2 Å². The molecule has 0 unspecified atom stereocenters. The third-order valence-electron chi connectivity index (χ3n) is 3.71. The molecular formula is C15H19F3N2O4S. The molecule has 1 aromatic rings. The summed E-state index contributed by atoms with van der Waals surface area (Å²) in [7, 11) is -3.89. The Balaban J connectivity index is 2.20. The van der Waals surface area contributed by atoms with Crippen LogP contribution >= 0.6 is 0 Å². The molecule has 6 nitrogen and oxygen atoms in total. The van der Waals surface area contributed by atoms with Gasteiger partial charge in [-0.1, -0.05) is 12.5 Å². The molecule has 1 fully saturated rings. The van der Waals surface area contributed by atoms with Crippen LogP contribution in [0.1, 0.15) is 29.8 Å². The Morgan fingerprint density at radius 1 is 1.28 bits per heavy atom. The zero-order chi connectivity index (χ0) is 18.7. The van der Waals surface area contributed by atoms with E-state index in [0.29, 0.717) is 18.0 Å². The van der Waals surface area contributed by atoms with Crippen LogP contribution < -0.4 is 0 Å². The van der Waals surface area contributed by atoms with Gasteiger partial charge in [-0.15, -0.1) is 6.58 Å². The van der Waals surface area contributed by atoms with E-state index in [4.69, 9.17) is 4.42 Å².